The number of carboxylic acid groups (broad SMARTS) is 1. The lowest BCUT2D eigenvalue weighted by molar-refractivity contribution is -0.123. The van der Waals surface area contributed by atoms with Crippen LogP contribution in [-0.2, 0) is 9.59 Å². The number of aromatic carboxylic acids is 1. The van der Waals surface area contributed by atoms with Crippen LogP contribution in [0.1, 0.15) is 35.7 Å². The Labute approximate surface area is 156 Å². The Kier molecular flexibility index (Phi) is 5.12. The van der Waals surface area contributed by atoms with E-state index in [1.54, 1.807) is 0 Å². The summed E-state index contributed by atoms with van der Waals surface area (Å²) in [6.45, 7) is 3.74. The number of benzene rings is 2. The Morgan fingerprint density at radius 3 is 2.52 bits per heavy atom. The number of fused-ring (bicyclic) bond motifs is 1. The Morgan fingerprint density at radius 2 is 1.89 bits per heavy atom. The standard InChI is InChI=1S/C20H20N2O5/c1-12(2)13-3-6-15(7-4-13)21-18(23)10-22-16-9-14(20(25)26)5-8-17(16)27-11-19(22)24/h3-9,12H,10-11H2,1-2H3,(H,21,23)(H,25,26). The summed E-state index contributed by atoms with van der Waals surface area (Å²) in [5, 5.41) is 11.9. The van der Waals surface area contributed by atoms with Gasteiger partial charge in [-0.1, -0.05) is 26.0 Å². The van der Waals surface area contributed by atoms with Gasteiger partial charge < -0.3 is 15.2 Å². The third kappa shape index (κ3) is 4.08. The molecule has 1 heterocycles. The number of hydrogen-bond donors (Lipinski definition) is 2. The summed E-state index contributed by atoms with van der Waals surface area (Å²) in [6, 6.07) is 11.7. The highest BCUT2D eigenvalue weighted by Crippen LogP contribution is 2.33. The largest absolute Gasteiger partial charge is 0.482 e. The van der Waals surface area contributed by atoms with Crippen molar-refractivity contribution in [1.82, 2.24) is 0 Å². The quantitative estimate of drug-likeness (QED) is 0.846. The molecule has 0 saturated heterocycles. The van der Waals surface area contributed by atoms with Gasteiger partial charge in [0.25, 0.3) is 5.91 Å². The van der Waals surface area contributed by atoms with Crippen LogP contribution in [0.3, 0.4) is 0 Å². The summed E-state index contributed by atoms with van der Waals surface area (Å²) in [5.41, 5.74) is 2.08. The van der Waals surface area contributed by atoms with Crippen LogP contribution in [0, 0.1) is 0 Å². The van der Waals surface area contributed by atoms with Gasteiger partial charge in [-0.15, -0.1) is 0 Å². The van der Waals surface area contributed by atoms with E-state index in [0.717, 1.165) is 5.56 Å². The molecule has 7 nitrogen and oxygen atoms in total. The van der Waals surface area contributed by atoms with Crippen molar-refractivity contribution in [1.29, 1.82) is 0 Å². The predicted molar refractivity (Wildman–Crippen MR) is 100 cm³/mol. The molecule has 2 aromatic carbocycles. The van der Waals surface area contributed by atoms with E-state index in [0.29, 0.717) is 17.4 Å². The second-order valence-electron chi connectivity index (χ2n) is 6.58. The number of ether oxygens (including phenoxy) is 1. The normalized spacial score (nSPS) is 13.1. The Morgan fingerprint density at radius 1 is 1.19 bits per heavy atom. The van der Waals surface area contributed by atoms with Crippen molar-refractivity contribution in [3.05, 3.63) is 53.6 Å². The summed E-state index contributed by atoms with van der Waals surface area (Å²) in [7, 11) is 0. The molecule has 2 amide bonds. The van der Waals surface area contributed by atoms with Gasteiger partial charge in [0.05, 0.1) is 11.3 Å². The van der Waals surface area contributed by atoms with Gasteiger partial charge in [0.1, 0.15) is 12.3 Å². The average molecular weight is 368 g/mol. The van der Waals surface area contributed by atoms with E-state index < -0.39 is 11.9 Å². The number of amides is 2. The van der Waals surface area contributed by atoms with Crippen LogP contribution in [0.4, 0.5) is 11.4 Å². The Balaban J connectivity index is 1.76. The van der Waals surface area contributed by atoms with E-state index in [1.165, 1.54) is 23.1 Å². The molecule has 7 heteroatoms. The number of carbonyl (C=O) groups excluding carboxylic acids is 2. The Hall–Kier alpha value is -3.35. The fourth-order valence-corrected chi connectivity index (χ4v) is 2.80. The topological polar surface area (TPSA) is 95.9 Å². The number of nitrogens with zero attached hydrogens (tertiary/aromatic N) is 1. The monoisotopic (exact) mass is 368 g/mol. The average Bonchev–Trinajstić information content (AvgIpc) is 2.64. The van der Waals surface area contributed by atoms with Crippen LogP contribution < -0.4 is 15.0 Å². The molecule has 3 rings (SSSR count). The zero-order valence-electron chi connectivity index (χ0n) is 15.1. The minimum atomic E-state index is -1.12. The highest BCUT2D eigenvalue weighted by molar-refractivity contribution is 6.05. The summed E-state index contributed by atoms with van der Waals surface area (Å²) in [5.74, 6) is -1.15. The fourth-order valence-electron chi connectivity index (χ4n) is 2.80. The molecule has 1 aliphatic heterocycles. The molecule has 0 aromatic heterocycles. The zero-order valence-corrected chi connectivity index (χ0v) is 15.1. The molecule has 27 heavy (non-hydrogen) atoms. The van der Waals surface area contributed by atoms with Crippen LogP contribution in [0.5, 0.6) is 5.75 Å². The summed E-state index contributed by atoms with van der Waals surface area (Å²) < 4.78 is 5.32. The first-order valence-corrected chi connectivity index (χ1v) is 8.55. The second kappa shape index (κ2) is 7.49. The molecule has 0 radical (unpaired) electrons. The number of anilines is 2. The second-order valence-corrected chi connectivity index (χ2v) is 6.58. The Bertz CT molecular complexity index is 890. The van der Waals surface area contributed by atoms with Crippen LogP contribution in [0.25, 0.3) is 0 Å². The summed E-state index contributed by atoms with van der Waals surface area (Å²) in [4.78, 5) is 37.1. The lowest BCUT2D eigenvalue weighted by Gasteiger charge is -2.29. The van der Waals surface area contributed by atoms with E-state index in [9.17, 15) is 14.4 Å². The third-order valence-electron chi connectivity index (χ3n) is 4.31. The van der Waals surface area contributed by atoms with Crippen molar-refractivity contribution < 1.29 is 24.2 Å². The molecule has 0 unspecified atom stereocenters. The third-order valence-corrected chi connectivity index (χ3v) is 4.31. The molecule has 0 aliphatic carbocycles. The fraction of sp³-hybridized carbons (Fsp3) is 0.250. The maximum atomic E-state index is 12.4. The molecule has 0 fully saturated rings. The number of carbonyl (C=O) groups is 3. The van der Waals surface area contributed by atoms with Gasteiger partial charge in [0, 0.05) is 5.69 Å². The van der Waals surface area contributed by atoms with Gasteiger partial charge in [-0.25, -0.2) is 4.79 Å². The van der Waals surface area contributed by atoms with E-state index in [2.05, 4.69) is 19.2 Å². The van der Waals surface area contributed by atoms with Crippen LogP contribution in [0.2, 0.25) is 0 Å². The highest BCUT2D eigenvalue weighted by atomic mass is 16.5. The van der Waals surface area contributed by atoms with E-state index >= 15 is 0 Å². The molecule has 0 spiro atoms. The van der Waals surface area contributed by atoms with E-state index in [-0.39, 0.29) is 30.3 Å². The van der Waals surface area contributed by atoms with Crippen LogP contribution >= 0.6 is 0 Å². The smallest absolute Gasteiger partial charge is 0.335 e. The molecular formula is C20H20N2O5. The number of hydrogen-bond acceptors (Lipinski definition) is 4. The van der Waals surface area contributed by atoms with Gasteiger partial charge in [-0.3, -0.25) is 14.5 Å². The first-order valence-electron chi connectivity index (χ1n) is 8.55. The van der Waals surface area contributed by atoms with Gasteiger partial charge in [-0.2, -0.15) is 0 Å². The van der Waals surface area contributed by atoms with Crippen molar-refractivity contribution >= 4 is 29.2 Å². The van der Waals surface area contributed by atoms with Gasteiger partial charge in [-0.05, 0) is 41.8 Å². The molecule has 0 atom stereocenters. The lowest BCUT2D eigenvalue weighted by atomic mass is 10.0. The SMILES string of the molecule is CC(C)c1ccc(NC(=O)CN2C(=O)COc3ccc(C(=O)O)cc32)cc1. The maximum Gasteiger partial charge on any atom is 0.335 e. The summed E-state index contributed by atoms with van der Waals surface area (Å²) >= 11 is 0. The van der Waals surface area contributed by atoms with E-state index in [1.807, 2.05) is 24.3 Å². The van der Waals surface area contributed by atoms with Crippen molar-refractivity contribution in [2.24, 2.45) is 0 Å². The minimum Gasteiger partial charge on any atom is -0.482 e. The van der Waals surface area contributed by atoms with Gasteiger partial charge in [0.2, 0.25) is 5.91 Å². The first-order chi connectivity index (χ1) is 12.8. The molecule has 2 aromatic rings. The van der Waals surface area contributed by atoms with Gasteiger partial charge >= 0.3 is 5.97 Å². The van der Waals surface area contributed by atoms with Crippen molar-refractivity contribution in [3.8, 4) is 5.75 Å². The number of nitrogens with one attached hydrogen (secondary N) is 1. The predicted octanol–water partition coefficient (Wildman–Crippen LogP) is 2.87. The van der Waals surface area contributed by atoms with Crippen molar-refractivity contribution in [3.63, 3.8) is 0 Å². The molecule has 2 N–H and O–H groups in total. The lowest BCUT2D eigenvalue weighted by Crippen LogP contribution is -2.43. The van der Waals surface area contributed by atoms with Crippen LogP contribution in [0.15, 0.2) is 42.5 Å². The molecule has 0 bridgehead atoms. The number of rotatable bonds is 5. The molecule has 1 aliphatic rings. The van der Waals surface area contributed by atoms with Gasteiger partial charge in [0.15, 0.2) is 6.61 Å². The van der Waals surface area contributed by atoms with E-state index in [4.69, 9.17) is 9.84 Å². The van der Waals surface area contributed by atoms with Crippen molar-refractivity contribution in [2.45, 2.75) is 19.8 Å². The maximum absolute atomic E-state index is 12.4. The zero-order chi connectivity index (χ0) is 19.6. The highest BCUT2D eigenvalue weighted by Gasteiger charge is 2.28. The number of carboxylic acids is 1. The minimum absolute atomic E-state index is 0.0155. The first kappa shape index (κ1) is 18.4. The summed E-state index contributed by atoms with van der Waals surface area (Å²) in [6.07, 6.45) is 0. The van der Waals surface area contributed by atoms with Crippen molar-refractivity contribution in [2.75, 3.05) is 23.4 Å². The molecule has 140 valence electrons. The van der Waals surface area contributed by atoms with Crippen LogP contribution in [-0.4, -0.2) is 36.0 Å². The molecule has 0 saturated carbocycles. The molecular weight excluding hydrogens is 348 g/mol.